The summed E-state index contributed by atoms with van der Waals surface area (Å²) in [7, 11) is 2.66. The summed E-state index contributed by atoms with van der Waals surface area (Å²) in [5, 5.41) is 0. The average molecular weight is 353 g/mol. The lowest BCUT2D eigenvalue weighted by molar-refractivity contribution is 0.0552. The number of pyridine rings is 1. The molecule has 1 aliphatic heterocycles. The topological polar surface area (TPSA) is 65.5 Å². The van der Waals surface area contributed by atoms with E-state index in [0.717, 1.165) is 42.5 Å². The molecular weight excluding hydrogens is 330 g/mol. The Hall–Kier alpha value is -2.69. The van der Waals surface area contributed by atoms with Gasteiger partial charge in [-0.15, -0.1) is 0 Å². The highest BCUT2D eigenvalue weighted by Gasteiger charge is 2.30. The minimum absolute atomic E-state index is 0.260. The van der Waals surface area contributed by atoms with Crippen molar-refractivity contribution in [3.63, 3.8) is 0 Å². The molecule has 0 unspecified atom stereocenters. The Morgan fingerprint density at radius 2 is 1.46 bits per heavy atom. The molecule has 1 aromatic carbocycles. The summed E-state index contributed by atoms with van der Waals surface area (Å²) in [6.07, 6.45) is 5.33. The second-order valence-corrected chi connectivity index (χ2v) is 6.40. The van der Waals surface area contributed by atoms with Crippen LogP contribution in [-0.4, -0.2) is 31.1 Å². The fourth-order valence-electron chi connectivity index (χ4n) is 3.53. The Balaban J connectivity index is 2.36. The van der Waals surface area contributed by atoms with Crippen molar-refractivity contribution in [2.24, 2.45) is 0 Å². The standard InChI is InChI=1S/C21H23NO4/c1-25-20(23)17-15-12-8-3-4-9-13-16(18(17)21(24)26-2)22-19(15)14-10-6-5-7-11-14/h5-7,10-11H,3-4,8-9,12-13H2,1-2H3. The molecule has 5 heteroatoms. The van der Waals surface area contributed by atoms with E-state index in [4.69, 9.17) is 14.5 Å². The van der Waals surface area contributed by atoms with Crippen molar-refractivity contribution in [1.82, 2.24) is 4.98 Å². The minimum atomic E-state index is -0.533. The summed E-state index contributed by atoms with van der Waals surface area (Å²) < 4.78 is 9.99. The van der Waals surface area contributed by atoms with Gasteiger partial charge in [-0.25, -0.2) is 9.59 Å². The first-order chi connectivity index (χ1) is 12.7. The molecular formula is C21H23NO4. The molecule has 5 nitrogen and oxygen atoms in total. The Morgan fingerprint density at radius 1 is 0.846 bits per heavy atom. The SMILES string of the molecule is COC(=O)c1c2nc(-c3ccccc3)c(c1C(=O)OC)CCCCCC2. The van der Waals surface area contributed by atoms with Crippen molar-refractivity contribution < 1.29 is 19.1 Å². The number of rotatable bonds is 3. The summed E-state index contributed by atoms with van der Waals surface area (Å²) in [6, 6.07) is 9.77. The third-order valence-corrected chi connectivity index (χ3v) is 4.79. The lowest BCUT2D eigenvalue weighted by atomic mass is 9.89. The third-order valence-electron chi connectivity index (χ3n) is 4.79. The number of benzene rings is 1. The zero-order chi connectivity index (χ0) is 18.5. The molecule has 2 aliphatic rings. The predicted molar refractivity (Wildman–Crippen MR) is 98.2 cm³/mol. The molecule has 0 saturated heterocycles. The first-order valence-corrected chi connectivity index (χ1v) is 8.95. The highest BCUT2D eigenvalue weighted by atomic mass is 16.5. The van der Waals surface area contributed by atoms with Gasteiger partial charge >= 0.3 is 11.9 Å². The molecule has 0 fully saturated rings. The number of hydrogen-bond acceptors (Lipinski definition) is 5. The van der Waals surface area contributed by atoms with Gasteiger partial charge in [0.15, 0.2) is 0 Å². The molecule has 1 aliphatic carbocycles. The lowest BCUT2D eigenvalue weighted by Crippen LogP contribution is -2.21. The van der Waals surface area contributed by atoms with Crippen molar-refractivity contribution in [2.75, 3.05) is 14.2 Å². The van der Waals surface area contributed by atoms with Gasteiger partial charge in [0, 0.05) is 5.56 Å². The van der Waals surface area contributed by atoms with Crippen LogP contribution in [0, 0.1) is 0 Å². The van der Waals surface area contributed by atoms with Gasteiger partial charge < -0.3 is 9.47 Å². The van der Waals surface area contributed by atoms with E-state index in [2.05, 4.69) is 0 Å². The van der Waals surface area contributed by atoms with Crippen molar-refractivity contribution in [3.05, 3.63) is 52.7 Å². The Labute approximate surface area is 153 Å². The normalized spacial score (nSPS) is 13.9. The number of carbonyl (C=O) groups excluding carboxylic acids is 2. The van der Waals surface area contributed by atoms with E-state index in [1.807, 2.05) is 30.3 Å². The second kappa shape index (κ2) is 8.13. The van der Waals surface area contributed by atoms with Crippen molar-refractivity contribution in [2.45, 2.75) is 38.5 Å². The summed E-state index contributed by atoms with van der Waals surface area (Å²) in [5.74, 6) is -1.05. The number of methoxy groups -OCH3 is 2. The molecule has 0 spiro atoms. The first-order valence-electron chi connectivity index (χ1n) is 8.95. The van der Waals surface area contributed by atoms with Crippen LogP contribution in [0.1, 0.15) is 57.7 Å². The molecule has 0 atom stereocenters. The maximum atomic E-state index is 12.7. The lowest BCUT2D eigenvalue weighted by Gasteiger charge is -2.21. The quantitative estimate of drug-likeness (QED) is 0.781. The smallest absolute Gasteiger partial charge is 0.340 e. The van der Waals surface area contributed by atoms with Crippen LogP contribution < -0.4 is 0 Å². The van der Waals surface area contributed by atoms with Gasteiger partial charge in [-0.05, 0) is 31.2 Å². The van der Waals surface area contributed by atoms with Crippen molar-refractivity contribution >= 4 is 11.9 Å². The van der Waals surface area contributed by atoms with Crippen LogP contribution >= 0.6 is 0 Å². The first kappa shape index (κ1) is 18.1. The fraction of sp³-hybridized carbons (Fsp3) is 0.381. The van der Waals surface area contributed by atoms with E-state index < -0.39 is 11.9 Å². The highest BCUT2D eigenvalue weighted by Crippen LogP contribution is 2.33. The van der Waals surface area contributed by atoms with Gasteiger partial charge in [0.25, 0.3) is 0 Å². The Morgan fingerprint density at radius 3 is 2.12 bits per heavy atom. The van der Waals surface area contributed by atoms with E-state index in [1.165, 1.54) is 14.2 Å². The number of fused-ring (bicyclic) bond motifs is 7. The molecule has 136 valence electrons. The summed E-state index contributed by atoms with van der Waals surface area (Å²) in [4.78, 5) is 30.0. The zero-order valence-corrected chi connectivity index (χ0v) is 15.2. The predicted octanol–water partition coefficient (Wildman–Crippen LogP) is 3.98. The largest absolute Gasteiger partial charge is 0.465 e. The number of esters is 2. The molecule has 0 saturated carbocycles. The maximum absolute atomic E-state index is 12.7. The fourth-order valence-corrected chi connectivity index (χ4v) is 3.53. The van der Waals surface area contributed by atoms with Crippen LogP contribution in [0.4, 0.5) is 0 Å². The van der Waals surface area contributed by atoms with Gasteiger partial charge in [0.2, 0.25) is 0 Å². The summed E-state index contributed by atoms with van der Waals surface area (Å²) in [5.41, 5.74) is 3.65. The van der Waals surface area contributed by atoms with Crippen LogP contribution in [0.5, 0.6) is 0 Å². The van der Waals surface area contributed by atoms with Crippen LogP contribution in [0.2, 0.25) is 0 Å². The van der Waals surface area contributed by atoms with Crippen LogP contribution in [0.3, 0.4) is 0 Å². The number of ether oxygens (including phenoxy) is 2. The van der Waals surface area contributed by atoms with Crippen molar-refractivity contribution in [1.29, 1.82) is 0 Å². The van der Waals surface area contributed by atoms with Gasteiger partial charge in [-0.3, -0.25) is 4.98 Å². The molecule has 2 heterocycles. The van der Waals surface area contributed by atoms with E-state index in [9.17, 15) is 9.59 Å². The number of aryl methyl sites for hydroxylation is 1. The highest BCUT2D eigenvalue weighted by molar-refractivity contribution is 6.06. The second-order valence-electron chi connectivity index (χ2n) is 6.40. The molecule has 0 N–H and O–H groups in total. The molecule has 2 bridgehead atoms. The number of aromatic nitrogens is 1. The monoisotopic (exact) mass is 353 g/mol. The summed E-state index contributed by atoms with van der Waals surface area (Å²) in [6.45, 7) is 0. The van der Waals surface area contributed by atoms with Gasteiger partial charge in [-0.2, -0.15) is 0 Å². The molecule has 26 heavy (non-hydrogen) atoms. The maximum Gasteiger partial charge on any atom is 0.340 e. The summed E-state index contributed by atoms with van der Waals surface area (Å²) >= 11 is 0. The number of carbonyl (C=O) groups is 2. The van der Waals surface area contributed by atoms with Crippen LogP contribution in [-0.2, 0) is 22.3 Å². The van der Waals surface area contributed by atoms with E-state index in [0.29, 0.717) is 24.1 Å². The van der Waals surface area contributed by atoms with Gasteiger partial charge in [0.05, 0.1) is 36.7 Å². The number of hydrogen-bond donors (Lipinski definition) is 0. The van der Waals surface area contributed by atoms with Gasteiger partial charge in [0.1, 0.15) is 0 Å². The minimum Gasteiger partial charge on any atom is -0.465 e. The molecule has 0 radical (unpaired) electrons. The zero-order valence-electron chi connectivity index (χ0n) is 15.2. The average Bonchev–Trinajstić information content (AvgIpc) is 2.70. The molecule has 2 aromatic rings. The molecule has 1 aromatic heterocycles. The van der Waals surface area contributed by atoms with Gasteiger partial charge in [-0.1, -0.05) is 43.2 Å². The molecule has 4 rings (SSSR count). The van der Waals surface area contributed by atoms with Crippen LogP contribution in [0.25, 0.3) is 11.3 Å². The van der Waals surface area contributed by atoms with E-state index in [-0.39, 0.29) is 5.56 Å². The van der Waals surface area contributed by atoms with Crippen molar-refractivity contribution in [3.8, 4) is 11.3 Å². The third kappa shape index (κ3) is 3.47. The molecule has 0 amide bonds. The van der Waals surface area contributed by atoms with Crippen LogP contribution in [0.15, 0.2) is 30.3 Å². The van der Waals surface area contributed by atoms with E-state index in [1.54, 1.807) is 0 Å². The number of nitrogens with zero attached hydrogens (tertiary/aromatic N) is 1. The Kier molecular flexibility index (Phi) is 5.66. The van der Waals surface area contributed by atoms with E-state index >= 15 is 0 Å². The Bertz CT molecular complexity index is 815.